The summed E-state index contributed by atoms with van der Waals surface area (Å²) in [6, 6.07) is 7.42. The number of benzene rings is 1. The van der Waals surface area contributed by atoms with Crippen LogP contribution in [-0.4, -0.2) is 42.4 Å². The lowest BCUT2D eigenvalue weighted by atomic mass is 9.96. The summed E-state index contributed by atoms with van der Waals surface area (Å²) in [5.74, 6) is -0.724. The molecule has 2 rings (SSSR count). The SMILES string of the molecule is CCOC(=O)[C@@H]1CCCN(C(=O)C[C@@H](NC(C)=O)c2ccc(C)cc2)C1. The Hall–Kier alpha value is -2.37. The number of likely N-dealkylation sites (tertiary alicyclic amines) is 1. The van der Waals surface area contributed by atoms with Crippen molar-refractivity contribution in [3.05, 3.63) is 35.4 Å². The second kappa shape index (κ2) is 9.36. The molecule has 0 aromatic heterocycles. The zero-order valence-corrected chi connectivity index (χ0v) is 15.8. The molecular formula is C20H28N2O4. The van der Waals surface area contributed by atoms with Crippen LogP contribution in [0.1, 0.15) is 50.3 Å². The third kappa shape index (κ3) is 5.58. The van der Waals surface area contributed by atoms with E-state index in [1.807, 2.05) is 31.2 Å². The third-order valence-electron chi connectivity index (χ3n) is 4.63. The Morgan fingerprint density at radius 3 is 2.58 bits per heavy atom. The van der Waals surface area contributed by atoms with E-state index in [0.29, 0.717) is 19.7 Å². The maximum atomic E-state index is 12.8. The fourth-order valence-electron chi connectivity index (χ4n) is 3.26. The lowest BCUT2D eigenvalue weighted by Gasteiger charge is -2.32. The Kier molecular flexibility index (Phi) is 7.18. The molecule has 6 heteroatoms. The molecule has 26 heavy (non-hydrogen) atoms. The Labute approximate surface area is 154 Å². The summed E-state index contributed by atoms with van der Waals surface area (Å²) in [7, 11) is 0. The first kappa shape index (κ1) is 19.9. The molecule has 2 atom stereocenters. The molecule has 1 aromatic rings. The van der Waals surface area contributed by atoms with E-state index < -0.39 is 0 Å². The van der Waals surface area contributed by atoms with Crippen LogP contribution in [0.2, 0.25) is 0 Å². The van der Waals surface area contributed by atoms with Gasteiger partial charge in [0, 0.05) is 20.0 Å². The standard InChI is InChI=1S/C20H28N2O4/c1-4-26-20(25)17-6-5-11-22(13-17)19(24)12-18(21-15(3)23)16-9-7-14(2)8-10-16/h7-10,17-18H,4-6,11-13H2,1-3H3,(H,21,23)/t17-,18-/m1/s1. The summed E-state index contributed by atoms with van der Waals surface area (Å²) in [4.78, 5) is 38.0. The van der Waals surface area contributed by atoms with E-state index in [1.165, 1.54) is 6.92 Å². The van der Waals surface area contributed by atoms with Crippen LogP contribution in [-0.2, 0) is 19.1 Å². The summed E-state index contributed by atoms with van der Waals surface area (Å²) >= 11 is 0. The minimum atomic E-state index is -0.372. The highest BCUT2D eigenvalue weighted by atomic mass is 16.5. The number of nitrogens with zero attached hydrogens (tertiary/aromatic N) is 1. The van der Waals surface area contributed by atoms with Crippen molar-refractivity contribution in [2.75, 3.05) is 19.7 Å². The second-order valence-corrected chi connectivity index (χ2v) is 6.80. The summed E-state index contributed by atoms with van der Waals surface area (Å²) in [6.45, 7) is 6.59. The van der Waals surface area contributed by atoms with Gasteiger partial charge < -0.3 is 15.0 Å². The highest BCUT2D eigenvalue weighted by Crippen LogP contribution is 2.23. The van der Waals surface area contributed by atoms with E-state index in [0.717, 1.165) is 24.0 Å². The molecule has 1 saturated heterocycles. The minimum Gasteiger partial charge on any atom is -0.466 e. The Balaban J connectivity index is 2.04. The van der Waals surface area contributed by atoms with Gasteiger partial charge in [0.05, 0.1) is 25.0 Å². The Morgan fingerprint density at radius 1 is 1.27 bits per heavy atom. The van der Waals surface area contributed by atoms with Crippen LogP contribution < -0.4 is 5.32 Å². The number of carbonyl (C=O) groups excluding carboxylic acids is 3. The van der Waals surface area contributed by atoms with Gasteiger partial charge in [0.2, 0.25) is 11.8 Å². The number of amides is 2. The number of carbonyl (C=O) groups is 3. The highest BCUT2D eigenvalue weighted by Gasteiger charge is 2.30. The third-order valence-corrected chi connectivity index (χ3v) is 4.63. The average molecular weight is 360 g/mol. The zero-order valence-electron chi connectivity index (χ0n) is 15.8. The smallest absolute Gasteiger partial charge is 0.310 e. The van der Waals surface area contributed by atoms with Crippen molar-refractivity contribution in [2.45, 2.75) is 46.1 Å². The summed E-state index contributed by atoms with van der Waals surface area (Å²) in [5.41, 5.74) is 2.02. The molecule has 1 fully saturated rings. The van der Waals surface area contributed by atoms with Crippen molar-refractivity contribution < 1.29 is 19.1 Å². The number of nitrogens with one attached hydrogen (secondary N) is 1. The molecule has 0 spiro atoms. The topological polar surface area (TPSA) is 75.7 Å². The van der Waals surface area contributed by atoms with E-state index in [4.69, 9.17) is 4.74 Å². The van der Waals surface area contributed by atoms with Crippen molar-refractivity contribution in [1.82, 2.24) is 10.2 Å². The molecule has 1 aliphatic rings. The normalized spacial score (nSPS) is 18.1. The number of rotatable bonds is 6. The number of esters is 1. The Bertz CT molecular complexity index is 642. The molecule has 142 valence electrons. The summed E-state index contributed by atoms with van der Waals surface area (Å²) in [6.07, 6.45) is 1.71. The van der Waals surface area contributed by atoms with Crippen LogP contribution in [0, 0.1) is 12.8 Å². The van der Waals surface area contributed by atoms with Crippen LogP contribution in [0.5, 0.6) is 0 Å². The molecule has 6 nitrogen and oxygen atoms in total. The van der Waals surface area contributed by atoms with Crippen LogP contribution >= 0.6 is 0 Å². The van der Waals surface area contributed by atoms with Crippen molar-refractivity contribution in [3.63, 3.8) is 0 Å². The van der Waals surface area contributed by atoms with Gasteiger partial charge in [-0.05, 0) is 32.3 Å². The predicted molar refractivity (Wildman–Crippen MR) is 98.3 cm³/mol. The summed E-state index contributed by atoms with van der Waals surface area (Å²) in [5, 5.41) is 2.86. The maximum absolute atomic E-state index is 12.8. The van der Waals surface area contributed by atoms with Gasteiger partial charge in [0.15, 0.2) is 0 Å². The zero-order chi connectivity index (χ0) is 19.1. The van der Waals surface area contributed by atoms with E-state index in [9.17, 15) is 14.4 Å². The average Bonchev–Trinajstić information content (AvgIpc) is 2.61. The van der Waals surface area contributed by atoms with Crippen molar-refractivity contribution in [3.8, 4) is 0 Å². The molecule has 0 unspecified atom stereocenters. The fourth-order valence-corrected chi connectivity index (χ4v) is 3.26. The van der Waals surface area contributed by atoms with Crippen LogP contribution in [0.4, 0.5) is 0 Å². The lowest BCUT2D eigenvalue weighted by molar-refractivity contribution is -0.151. The number of piperidine rings is 1. The number of hydrogen-bond donors (Lipinski definition) is 1. The Morgan fingerprint density at radius 2 is 1.96 bits per heavy atom. The van der Waals surface area contributed by atoms with Gasteiger partial charge >= 0.3 is 5.97 Å². The van der Waals surface area contributed by atoms with Gasteiger partial charge in [-0.1, -0.05) is 29.8 Å². The lowest BCUT2D eigenvalue weighted by Crippen LogP contribution is -2.44. The van der Waals surface area contributed by atoms with E-state index in [-0.39, 0.29) is 36.2 Å². The molecule has 0 bridgehead atoms. The molecule has 2 amide bonds. The van der Waals surface area contributed by atoms with Crippen LogP contribution in [0.3, 0.4) is 0 Å². The molecule has 1 N–H and O–H groups in total. The van der Waals surface area contributed by atoms with Gasteiger partial charge in [-0.25, -0.2) is 0 Å². The van der Waals surface area contributed by atoms with Crippen LogP contribution in [0.25, 0.3) is 0 Å². The highest BCUT2D eigenvalue weighted by molar-refractivity contribution is 5.80. The monoisotopic (exact) mass is 360 g/mol. The molecule has 0 aliphatic carbocycles. The molecular weight excluding hydrogens is 332 g/mol. The molecule has 1 heterocycles. The molecule has 0 saturated carbocycles. The van der Waals surface area contributed by atoms with Crippen LogP contribution in [0.15, 0.2) is 24.3 Å². The van der Waals surface area contributed by atoms with E-state index >= 15 is 0 Å². The van der Waals surface area contributed by atoms with Gasteiger partial charge in [0.25, 0.3) is 0 Å². The largest absolute Gasteiger partial charge is 0.466 e. The minimum absolute atomic E-state index is 0.0571. The number of ether oxygens (including phenoxy) is 1. The maximum Gasteiger partial charge on any atom is 0.310 e. The van der Waals surface area contributed by atoms with Crippen molar-refractivity contribution in [2.24, 2.45) is 5.92 Å². The van der Waals surface area contributed by atoms with Gasteiger partial charge in [-0.2, -0.15) is 0 Å². The van der Waals surface area contributed by atoms with Gasteiger partial charge in [-0.3, -0.25) is 14.4 Å². The molecule has 1 aromatic carbocycles. The van der Waals surface area contributed by atoms with Gasteiger partial charge in [0.1, 0.15) is 0 Å². The molecule has 0 radical (unpaired) electrons. The number of hydrogen-bond acceptors (Lipinski definition) is 4. The predicted octanol–water partition coefficient (Wildman–Crippen LogP) is 2.36. The fraction of sp³-hybridized carbons (Fsp3) is 0.550. The van der Waals surface area contributed by atoms with E-state index in [2.05, 4.69) is 5.32 Å². The van der Waals surface area contributed by atoms with Gasteiger partial charge in [-0.15, -0.1) is 0 Å². The number of aryl methyl sites for hydroxylation is 1. The molecule has 1 aliphatic heterocycles. The first-order chi connectivity index (χ1) is 12.4. The first-order valence-electron chi connectivity index (χ1n) is 9.18. The quantitative estimate of drug-likeness (QED) is 0.790. The second-order valence-electron chi connectivity index (χ2n) is 6.80. The summed E-state index contributed by atoms with van der Waals surface area (Å²) < 4.78 is 5.09. The van der Waals surface area contributed by atoms with Crippen molar-refractivity contribution in [1.29, 1.82) is 0 Å². The van der Waals surface area contributed by atoms with Crippen molar-refractivity contribution >= 4 is 17.8 Å². The van der Waals surface area contributed by atoms with E-state index in [1.54, 1.807) is 11.8 Å². The first-order valence-corrected chi connectivity index (χ1v) is 9.18.